The van der Waals surface area contributed by atoms with Crippen LogP contribution in [0.5, 0.6) is 5.75 Å². The van der Waals surface area contributed by atoms with Crippen molar-refractivity contribution >= 4 is 6.29 Å². The van der Waals surface area contributed by atoms with Crippen LogP contribution in [-0.4, -0.2) is 11.4 Å². The summed E-state index contributed by atoms with van der Waals surface area (Å²) in [5.41, 5.74) is 5.18. The van der Waals surface area contributed by atoms with E-state index in [-0.39, 0.29) is 0 Å². The van der Waals surface area contributed by atoms with Crippen LogP contribution in [0.1, 0.15) is 44.4 Å². The van der Waals surface area contributed by atoms with Crippen molar-refractivity contribution < 1.29 is 9.90 Å². The molecule has 2 nitrogen and oxygen atoms in total. The highest BCUT2D eigenvalue weighted by molar-refractivity contribution is 5.57. The highest BCUT2D eigenvalue weighted by atomic mass is 16.3. The quantitative estimate of drug-likeness (QED) is 0.624. The number of hydrogen-bond donors (Lipinski definition) is 1. The summed E-state index contributed by atoms with van der Waals surface area (Å²) in [5.74, 6) is 0.356. The maximum atomic E-state index is 10.7. The second-order valence-corrected chi connectivity index (χ2v) is 5.60. The first-order chi connectivity index (χ1) is 9.43. The van der Waals surface area contributed by atoms with Gasteiger partial charge in [-0.15, -0.1) is 0 Å². The number of carbonyl (C=O) groups excluding carboxylic acids is 1. The Balaban J connectivity index is 3.17. The van der Waals surface area contributed by atoms with Crippen molar-refractivity contribution in [3.8, 4) is 5.75 Å². The SMILES string of the molecule is CC(C)=CCc1cc(CC=O)cc(CC=C(C)C)c1O. The van der Waals surface area contributed by atoms with Crippen LogP contribution in [0.4, 0.5) is 0 Å². The van der Waals surface area contributed by atoms with Gasteiger partial charge in [0, 0.05) is 6.42 Å². The Hall–Kier alpha value is -1.83. The Morgan fingerprint density at radius 2 is 1.40 bits per heavy atom. The van der Waals surface area contributed by atoms with Crippen LogP contribution in [0.2, 0.25) is 0 Å². The van der Waals surface area contributed by atoms with Gasteiger partial charge in [0.15, 0.2) is 0 Å². The monoisotopic (exact) mass is 272 g/mol. The average Bonchev–Trinajstić information content (AvgIpc) is 2.37. The van der Waals surface area contributed by atoms with E-state index in [1.54, 1.807) is 0 Å². The number of phenols is 1. The van der Waals surface area contributed by atoms with E-state index in [0.717, 1.165) is 23.0 Å². The number of aldehydes is 1. The van der Waals surface area contributed by atoms with Crippen LogP contribution in [0.15, 0.2) is 35.4 Å². The van der Waals surface area contributed by atoms with Crippen molar-refractivity contribution in [2.75, 3.05) is 0 Å². The van der Waals surface area contributed by atoms with Crippen molar-refractivity contribution in [2.24, 2.45) is 0 Å². The molecule has 0 aliphatic heterocycles. The summed E-state index contributed by atoms with van der Waals surface area (Å²) in [5, 5.41) is 10.4. The van der Waals surface area contributed by atoms with Crippen molar-refractivity contribution in [1.82, 2.24) is 0 Å². The molecule has 0 amide bonds. The smallest absolute Gasteiger partial charge is 0.124 e. The van der Waals surface area contributed by atoms with Crippen molar-refractivity contribution in [3.63, 3.8) is 0 Å². The molecule has 0 fully saturated rings. The van der Waals surface area contributed by atoms with Gasteiger partial charge in [0.2, 0.25) is 0 Å². The summed E-state index contributed by atoms with van der Waals surface area (Å²) >= 11 is 0. The minimum absolute atomic E-state index is 0.356. The molecule has 1 N–H and O–H groups in total. The lowest BCUT2D eigenvalue weighted by Gasteiger charge is -2.11. The van der Waals surface area contributed by atoms with Crippen LogP contribution in [-0.2, 0) is 24.1 Å². The third-order valence-electron chi connectivity index (χ3n) is 3.11. The van der Waals surface area contributed by atoms with Gasteiger partial charge in [-0.25, -0.2) is 0 Å². The predicted octanol–water partition coefficient (Wildman–Crippen LogP) is 4.15. The lowest BCUT2D eigenvalue weighted by molar-refractivity contribution is -0.107. The highest BCUT2D eigenvalue weighted by Gasteiger charge is 2.08. The van der Waals surface area contributed by atoms with Crippen molar-refractivity contribution in [2.45, 2.75) is 47.0 Å². The van der Waals surface area contributed by atoms with E-state index in [4.69, 9.17) is 0 Å². The van der Waals surface area contributed by atoms with Gasteiger partial charge >= 0.3 is 0 Å². The summed E-state index contributed by atoms with van der Waals surface area (Å²) in [4.78, 5) is 10.7. The molecule has 0 atom stereocenters. The second-order valence-electron chi connectivity index (χ2n) is 5.60. The zero-order valence-electron chi connectivity index (χ0n) is 12.9. The third kappa shape index (κ3) is 5.04. The van der Waals surface area contributed by atoms with Gasteiger partial charge in [0.05, 0.1) is 0 Å². The largest absolute Gasteiger partial charge is 0.507 e. The average molecular weight is 272 g/mol. The summed E-state index contributed by atoms with van der Waals surface area (Å²) in [6.07, 6.45) is 6.87. The number of aromatic hydroxyl groups is 1. The minimum atomic E-state index is 0.356. The summed E-state index contributed by atoms with van der Waals surface area (Å²) in [7, 11) is 0. The Kier molecular flexibility index (Phi) is 6.23. The molecule has 0 saturated carbocycles. The topological polar surface area (TPSA) is 37.3 Å². The van der Waals surface area contributed by atoms with Crippen LogP contribution in [0.3, 0.4) is 0 Å². The summed E-state index contributed by atoms with van der Waals surface area (Å²) in [6, 6.07) is 3.85. The molecule has 0 aliphatic rings. The van der Waals surface area contributed by atoms with E-state index in [0.29, 0.717) is 25.0 Å². The number of hydrogen-bond acceptors (Lipinski definition) is 2. The molecule has 1 rings (SSSR count). The normalized spacial score (nSPS) is 10.0. The number of allylic oxidation sites excluding steroid dienone is 4. The Labute approximate surface area is 121 Å². The van der Waals surface area contributed by atoms with Crippen LogP contribution in [0.25, 0.3) is 0 Å². The molecule has 0 aromatic heterocycles. The van der Waals surface area contributed by atoms with E-state index in [9.17, 15) is 9.90 Å². The number of rotatable bonds is 6. The van der Waals surface area contributed by atoms with Gasteiger partial charge in [-0.3, -0.25) is 0 Å². The Bertz CT molecular complexity index is 487. The van der Waals surface area contributed by atoms with Gasteiger partial charge in [0.1, 0.15) is 12.0 Å². The van der Waals surface area contributed by atoms with Gasteiger partial charge in [-0.1, -0.05) is 35.4 Å². The Morgan fingerprint density at radius 3 is 1.75 bits per heavy atom. The first-order valence-corrected chi connectivity index (χ1v) is 6.98. The van der Waals surface area contributed by atoms with Gasteiger partial charge in [-0.05, 0) is 57.2 Å². The molecule has 0 spiro atoms. The molecule has 1 aromatic carbocycles. The standard InChI is InChI=1S/C18H24O2/c1-13(2)5-7-16-11-15(9-10-19)12-17(18(16)20)8-6-14(3)4/h5-6,10-12,20H,7-9H2,1-4H3. The van der Waals surface area contributed by atoms with Crippen LogP contribution in [0, 0.1) is 0 Å². The summed E-state index contributed by atoms with van der Waals surface area (Å²) < 4.78 is 0. The third-order valence-corrected chi connectivity index (χ3v) is 3.11. The molecule has 0 radical (unpaired) electrons. The first kappa shape index (κ1) is 16.2. The van der Waals surface area contributed by atoms with E-state index in [2.05, 4.69) is 12.2 Å². The molecule has 20 heavy (non-hydrogen) atoms. The van der Waals surface area contributed by atoms with E-state index < -0.39 is 0 Å². The number of benzene rings is 1. The molecule has 0 heterocycles. The molecular formula is C18H24O2. The maximum absolute atomic E-state index is 10.7. The van der Waals surface area contributed by atoms with Crippen LogP contribution >= 0.6 is 0 Å². The molecule has 108 valence electrons. The van der Waals surface area contributed by atoms with E-state index in [1.807, 2.05) is 39.8 Å². The number of phenolic OH excluding ortho intramolecular Hbond substituents is 1. The van der Waals surface area contributed by atoms with Gasteiger partial charge < -0.3 is 9.90 Å². The minimum Gasteiger partial charge on any atom is -0.507 e. The first-order valence-electron chi connectivity index (χ1n) is 6.98. The second kappa shape index (κ2) is 7.68. The van der Waals surface area contributed by atoms with Crippen molar-refractivity contribution in [3.05, 3.63) is 52.1 Å². The molecule has 0 bridgehead atoms. The number of carbonyl (C=O) groups is 1. The molecule has 2 heteroatoms. The molecule has 0 saturated heterocycles. The van der Waals surface area contributed by atoms with E-state index >= 15 is 0 Å². The fourth-order valence-corrected chi connectivity index (χ4v) is 1.99. The summed E-state index contributed by atoms with van der Waals surface area (Å²) in [6.45, 7) is 8.15. The predicted molar refractivity (Wildman–Crippen MR) is 84.1 cm³/mol. The van der Waals surface area contributed by atoms with Gasteiger partial charge in [-0.2, -0.15) is 0 Å². The van der Waals surface area contributed by atoms with Crippen molar-refractivity contribution in [1.29, 1.82) is 0 Å². The van der Waals surface area contributed by atoms with E-state index in [1.165, 1.54) is 11.1 Å². The molecule has 1 aromatic rings. The zero-order chi connectivity index (χ0) is 15.1. The molecule has 0 aliphatic carbocycles. The van der Waals surface area contributed by atoms with Gasteiger partial charge in [0.25, 0.3) is 0 Å². The fourth-order valence-electron chi connectivity index (χ4n) is 1.99. The lowest BCUT2D eigenvalue weighted by atomic mass is 9.97. The lowest BCUT2D eigenvalue weighted by Crippen LogP contribution is -1.96. The zero-order valence-corrected chi connectivity index (χ0v) is 12.9. The molecular weight excluding hydrogens is 248 g/mol. The highest BCUT2D eigenvalue weighted by Crippen LogP contribution is 2.27. The maximum Gasteiger partial charge on any atom is 0.124 e. The fraction of sp³-hybridized carbons (Fsp3) is 0.389. The Morgan fingerprint density at radius 1 is 0.950 bits per heavy atom. The molecule has 0 unspecified atom stereocenters. The van der Waals surface area contributed by atoms with Crippen LogP contribution < -0.4 is 0 Å².